The van der Waals surface area contributed by atoms with Gasteiger partial charge in [-0.05, 0) is 25.3 Å². The number of nitrogens with zero attached hydrogens (tertiary/aromatic N) is 1. The van der Waals surface area contributed by atoms with Crippen LogP contribution in [0.4, 0.5) is 19.3 Å². The maximum atomic E-state index is 13.3. The van der Waals surface area contributed by atoms with Crippen LogP contribution in [0.5, 0.6) is 0 Å². The van der Waals surface area contributed by atoms with Crippen LogP contribution in [-0.4, -0.2) is 34.6 Å². The summed E-state index contributed by atoms with van der Waals surface area (Å²) in [7, 11) is 0. The van der Waals surface area contributed by atoms with Gasteiger partial charge in [0.1, 0.15) is 0 Å². The van der Waals surface area contributed by atoms with E-state index in [4.69, 9.17) is 5.11 Å². The van der Waals surface area contributed by atoms with Gasteiger partial charge in [-0.25, -0.2) is 18.4 Å². The molecule has 1 fully saturated rings. The average Bonchev–Trinajstić information content (AvgIpc) is 2.90. The monoisotopic (exact) mass is 298 g/mol. The van der Waals surface area contributed by atoms with Crippen LogP contribution in [0.1, 0.15) is 36.5 Å². The number of aromatic carboxylic acids is 1. The summed E-state index contributed by atoms with van der Waals surface area (Å²) in [6.45, 7) is 2.52. The normalized spacial score (nSPS) is 17.9. The molecule has 1 atom stereocenters. The first-order chi connectivity index (χ1) is 9.93. The minimum atomic E-state index is -1.43. The summed E-state index contributed by atoms with van der Waals surface area (Å²) < 4.78 is 26.4. The van der Waals surface area contributed by atoms with Gasteiger partial charge in [0.15, 0.2) is 11.6 Å². The van der Waals surface area contributed by atoms with Gasteiger partial charge in [0.25, 0.3) is 0 Å². The smallest absolute Gasteiger partial charge is 0.337 e. The Bertz CT molecular complexity index is 578. The van der Waals surface area contributed by atoms with Gasteiger partial charge < -0.3 is 15.3 Å². The molecule has 114 valence electrons. The van der Waals surface area contributed by atoms with Gasteiger partial charge in [-0.1, -0.05) is 6.92 Å². The molecule has 0 bridgehead atoms. The first kappa shape index (κ1) is 15.2. The summed E-state index contributed by atoms with van der Waals surface area (Å²) in [4.78, 5) is 24.8. The number of carbonyl (C=O) groups is 2. The molecule has 0 radical (unpaired) electrons. The summed E-state index contributed by atoms with van der Waals surface area (Å²) in [5, 5.41) is 11.4. The summed E-state index contributed by atoms with van der Waals surface area (Å²) in [6, 6.07) is 0.846. The number of hydrogen-bond donors (Lipinski definition) is 2. The highest BCUT2D eigenvalue weighted by molar-refractivity contribution is 6.00. The minimum absolute atomic E-state index is 0.0866. The number of rotatable bonds is 3. The van der Waals surface area contributed by atoms with E-state index in [1.54, 1.807) is 4.90 Å². The number of amides is 2. The maximum Gasteiger partial charge on any atom is 0.337 e. The Morgan fingerprint density at radius 1 is 1.38 bits per heavy atom. The molecule has 0 aromatic heterocycles. The van der Waals surface area contributed by atoms with Gasteiger partial charge in [-0.2, -0.15) is 0 Å². The molecular formula is C14H16F2N2O3. The Morgan fingerprint density at radius 3 is 2.67 bits per heavy atom. The van der Waals surface area contributed by atoms with Crippen LogP contribution in [0.2, 0.25) is 0 Å². The standard InChI is InChI=1S/C14H16F2N2O3/c1-2-8-4-3-5-18(8)14(21)17-12-7-11(16)10(15)6-9(12)13(19)20/h6-8H,2-5H2,1H3,(H,17,21)(H,19,20). The van der Waals surface area contributed by atoms with Crippen molar-refractivity contribution in [2.45, 2.75) is 32.2 Å². The van der Waals surface area contributed by atoms with Crippen molar-refractivity contribution in [1.29, 1.82) is 0 Å². The summed E-state index contributed by atoms with van der Waals surface area (Å²) >= 11 is 0. The first-order valence-corrected chi connectivity index (χ1v) is 6.74. The molecular weight excluding hydrogens is 282 g/mol. The van der Waals surface area contributed by atoms with E-state index in [0.717, 1.165) is 19.3 Å². The maximum absolute atomic E-state index is 13.3. The molecule has 1 aliphatic rings. The number of carbonyl (C=O) groups excluding carboxylic acids is 1. The lowest BCUT2D eigenvalue weighted by Crippen LogP contribution is -2.38. The van der Waals surface area contributed by atoms with Crippen LogP contribution < -0.4 is 5.32 Å². The van der Waals surface area contributed by atoms with Crippen molar-refractivity contribution >= 4 is 17.7 Å². The van der Waals surface area contributed by atoms with Gasteiger partial charge >= 0.3 is 12.0 Å². The third kappa shape index (κ3) is 3.12. The van der Waals surface area contributed by atoms with Gasteiger partial charge in [-0.3, -0.25) is 0 Å². The Kier molecular flexibility index (Phi) is 4.40. The van der Waals surface area contributed by atoms with Crippen LogP contribution in [-0.2, 0) is 0 Å². The molecule has 1 heterocycles. The highest BCUT2D eigenvalue weighted by atomic mass is 19.2. The van der Waals surface area contributed by atoms with Crippen molar-refractivity contribution in [3.8, 4) is 0 Å². The topological polar surface area (TPSA) is 69.6 Å². The average molecular weight is 298 g/mol. The molecule has 21 heavy (non-hydrogen) atoms. The molecule has 0 aliphatic carbocycles. The number of likely N-dealkylation sites (tertiary alicyclic amines) is 1. The fraction of sp³-hybridized carbons (Fsp3) is 0.429. The first-order valence-electron chi connectivity index (χ1n) is 6.74. The lowest BCUT2D eigenvalue weighted by molar-refractivity contribution is 0.0697. The van der Waals surface area contributed by atoms with E-state index in [0.29, 0.717) is 18.7 Å². The van der Waals surface area contributed by atoms with Crippen LogP contribution in [0, 0.1) is 11.6 Å². The number of urea groups is 1. The minimum Gasteiger partial charge on any atom is -0.478 e. The molecule has 1 aromatic rings. The largest absolute Gasteiger partial charge is 0.478 e. The number of hydrogen-bond acceptors (Lipinski definition) is 2. The van der Waals surface area contributed by atoms with Crippen molar-refractivity contribution in [3.05, 3.63) is 29.3 Å². The number of carboxylic acids is 1. The lowest BCUT2D eigenvalue weighted by atomic mass is 10.1. The number of anilines is 1. The molecule has 0 spiro atoms. The zero-order chi connectivity index (χ0) is 15.6. The summed E-state index contributed by atoms with van der Waals surface area (Å²) in [5.74, 6) is -3.90. The lowest BCUT2D eigenvalue weighted by Gasteiger charge is -2.24. The van der Waals surface area contributed by atoms with Crippen LogP contribution in [0.25, 0.3) is 0 Å². The van der Waals surface area contributed by atoms with Crippen LogP contribution >= 0.6 is 0 Å². The number of carboxylic acid groups (broad SMARTS) is 1. The second-order valence-corrected chi connectivity index (χ2v) is 4.94. The Labute approximate surface area is 120 Å². The number of halogens is 2. The van der Waals surface area contributed by atoms with E-state index in [2.05, 4.69) is 5.32 Å². The third-order valence-corrected chi connectivity index (χ3v) is 3.64. The van der Waals surface area contributed by atoms with E-state index in [-0.39, 0.29) is 11.7 Å². The van der Waals surface area contributed by atoms with E-state index in [1.165, 1.54) is 0 Å². The molecule has 1 saturated heterocycles. The van der Waals surface area contributed by atoms with Gasteiger partial charge in [0.05, 0.1) is 11.3 Å². The molecule has 5 nitrogen and oxygen atoms in total. The van der Waals surface area contributed by atoms with E-state index in [9.17, 15) is 18.4 Å². The molecule has 7 heteroatoms. The Balaban J connectivity index is 2.24. The number of benzene rings is 1. The van der Waals surface area contributed by atoms with Crippen molar-refractivity contribution in [2.75, 3.05) is 11.9 Å². The van der Waals surface area contributed by atoms with Gasteiger partial charge in [0.2, 0.25) is 0 Å². The molecule has 2 N–H and O–H groups in total. The summed E-state index contributed by atoms with van der Waals surface area (Å²) in [5.41, 5.74) is -0.720. The second kappa shape index (κ2) is 6.07. The predicted molar refractivity (Wildman–Crippen MR) is 72.4 cm³/mol. The zero-order valence-corrected chi connectivity index (χ0v) is 11.5. The second-order valence-electron chi connectivity index (χ2n) is 4.94. The van der Waals surface area contributed by atoms with E-state index >= 15 is 0 Å². The number of nitrogens with one attached hydrogen (secondary N) is 1. The van der Waals surface area contributed by atoms with Gasteiger partial charge in [0, 0.05) is 18.7 Å². The van der Waals surface area contributed by atoms with Crippen molar-refractivity contribution in [3.63, 3.8) is 0 Å². The Hall–Kier alpha value is -2.18. The van der Waals surface area contributed by atoms with Gasteiger partial charge in [-0.15, -0.1) is 0 Å². The fourth-order valence-electron chi connectivity index (χ4n) is 2.54. The molecule has 2 amide bonds. The molecule has 0 saturated carbocycles. The van der Waals surface area contributed by atoms with E-state index < -0.39 is 29.2 Å². The van der Waals surface area contributed by atoms with Crippen molar-refractivity contribution in [2.24, 2.45) is 0 Å². The SMILES string of the molecule is CCC1CCCN1C(=O)Nc1cc(F)c(F)cc1C(=O)O. The van der Waals surface area contributed by atoms with Crippen molar-refractivity contribution in [1.82, 2.24) is 4.90 Å². The van der Waals surface area contributed by atoms with Crippen LogP contribution in [0.15, 0.2) is 12.1 Å². The highest BCUT2D eigenvalue weighted by Crippen LogP contribution is 2.24. The molecule has 1 aliphatic heterocycles. The molecule has 2 rings (SSSR count). The van der Waals surface area contributed by atoms with Crippen LogP contribution in [0.3, 0.4) is 0 Å². The summed E-state index contributed by atoms with van der Waals surface area (Å²) in [6.07, 6.45) is 2.54. The predicted octanol–water partition coefficient (Wildman–Crippen LogP) is 3.07. The zero-order valence-electron chi connectivity index (χ0n) is 11.5. The molecule has 1 aromatic carbocycles. The Morgan fingerprint density at radius 2 is 2.05 bits per heavy atom. The third-order valence-electron chi connectivity index (χ3n) is 3.64. The fourth-order valence-corrected chi connectivity index (χ4v) is 2.54. The molecule has 1 unspecified atom stereocenters. The highest BCUT2D eigenvalue weighted by Gasteiger charge is 2.28. The van der Waals surface area contributed by atoms with E-state index in [1.807, 2.05) is 6.92 Å². The quantitative estimate of drug-likeness (QED) is 0.901. The van der Waals surface area contributed by atoms with Crippen molar-refractivity contribution < 1.29 is 23.5 Å².